The zero-order valence-corrected chi connectivity index (χ0v) is 12.0. The number of hydrogen-bond donors (Lipinski definition) is 2. The number of aliphatic hydroxyl groups excluding tert-OH is 1. The van der Waals surface area contributed by atoms with Crippen LogP contribution in [-0.2, 0) is 0 Å². The molecule has 1 unspecified atom stereocenters. The number of phenols is 1. The molecule has 1 aliphatic rings. The highest BCUT2D eigenvalue weighted by Crippen LogP contribution is 2.30. The van der Waals surface area contributed by atoms with Crippen LogP contribution in [0.15, 0.2) is 18.2 Å². The van der Waals surface area contributed by atoms with Gasteiger partial charge in [-0.25, -0.2) is 0 Å². The van der Waals surface area contributed by atoms with Gasteiger partial charge in [-0.3, -0.25) is 0 Å². The van der Waals surface area contributed by atoms with Crippen molar-refractivity contribution >= 4 is 5.69 Å². The summed E-state index contributed by atoms with van der Waals surface area (Å²) < 4.78 is 0. The van der Waals surface area contributed by atoms with Crippen molar-refractivity contribution in [3.05, 3.63) is 23.8 Å². The molecule has 1 aromatic carbocycles. The average Bonchev–Trinajstić information content (AvgIpc) is 2.38. The first-order valence-corrected chi connectivity index (χ1v) is 6.91. The Morgan fingerprint density at radius 2 is 1.89 bits per heavy atom. The number of aliphatic hydroxyl groups is 1. The monoisotopic (exact) mass is 264 g/mol. The summed E-state index contributed by atoms with van der Waals surface area (Å²) in [5, 5.41) is 19.5. The van der Waals surface area contributed by atoms with Gasteiger partial charge in [0.25, 0.3) is 0 Å². The Labute approximate surface area is 115 Å². The maximum absolute atomic E-state index is 9.94. The van der Waals surface area contributed by atoms with Gasteiger partial charge in [-0.05, 0) is 39.9 Å². The Morgan fingerprint density at radius 3 is 2.37 bits per heavy atom. The van der Waals surface area contributed by atoms with Gasteiger partial charge in [0.05, 0.1) is 6.10 Å². The number of nitrogens with zero attached hydrogens (tertiary/aromatic N) is 2. The molecular weight excluding hydrogens is 240 g/mol. The van der Waals surface area contributed by atoms with Crippen molar-refractivity contribution in [3.63, 3.8) is 0 Å². The minimum absolute atomic E-state index is 0.183. The number of benzene rings is 1. The molecule has 0 bridgehead atoms. The summed E-state index contributed by atoms with van der Waals surface area (Å²) >= 11 is 0. The largest absolute Gasteiger partial charge is 0.507 e. The molecule has 1 atom stereocenters. The van der Waals surface area contributed by atoms with Crippen LogP contribution in [0.25, 0.3) is 0 Å². The van der Waals surface area contributed by atoms with Crippen molar-refractivity contribution in [1.29, 1.82) is 0 Å². The lowest BCUT2D eigenvalue weighted by Crippen LogP contribution is -2.41. The lowest BCUT2D eigenvalue weighted by atomic mass is 10.0. The van der Waals surface area contributed by atoms with Crippen LogP contribution in [0.1, 0.15) is 31.4 Å². The summed E-state index contributed by atoms with van der Waals surface area (Å²) in [7, 11) is 4.26. The third-order valence-electron chi connectivity index (χ3n) is 4.02. The van der Waals surface area contributed by atoms with E-state index in [1.54, 1.807) is 13.0 Å². The molecular formula is C15H24N2O2. The second-order valence-electron chi connectivity index (χ2n) is 5.60. The number of rotatable bonds is 3. The molecule has 0 radical (unpaired) electrons. The zero-order valence-electron chi connectivity index (χ0n) is 12.0. The van der Waals surface area contributed by atoms with Crippen molar-refractivity contribution in [2.75, 3.05) is 32.1 Å². The summed E-state index contributed by atoms with van der Waals surface area (Å²) in [6.07, 6.45) is 1.66. The Morgan fingerprint density at radius 1 is 1.26 bits per heavy atom. The maximum Gasteiger partial charge on any atom is 0.123 e. The van der Waals surface area contributed by atoms with Crippen LogP contribution in [0, 0.1) is 0 Å². The fraction of sp³-hybridized carbons (Fsp3) is 0.600. The molecule has 2 rings (SSSR count). The normalized spacial score (nSPS) is 18.9. The SMILES string of the molecule is CC(O)c1ccc(N2CCC(N(C)C)CC2)cc1O. The van der Waals surface area contributed by atoms with Crippen molar-refractivity contribution in [2.45, 2.75) is 31.9 Å². The Bertz CT molecular complexity index is 424. The summed E-state index contributed by atoms with van der Waals surface area (Å²) in [6, 6.07) is 6.21. The summed E-state index contributed by atoms with van der Waals surface area (Å²) in [5.41, 5.74) is 1.63. The summed E-state index contributed by atoms with van der Waals surface area (Å²) in [6.45, 7) is 3.68. The fourth-order valence-electron chi connectivity index (χ4n) is 2.72. The maximum atomic E-state index is 9.94. The average molecular weight is 264 g/mol. The van der Waals surface area contributed by atoms with Gasteiger partial charge in [0.15, 0.2) is 0 Å². The summed E-state index contributed by atoms with van der Waals surface area (Å²) in [5.74, 6) is 0.183. The predicted molar refractivity (Wildman–Crippen MR) is 77.7 cm³/mol. The van der Waals surface area contributed by atoms with Gasteiger partial charge in [0.1, 0.15) is 5.75 Å². The third kappa shape index (κ3) is 3.19. The molecule has 106 valence electrons. The first-order chi connectivity index (χ1) is 8.99. The Kier molecular flexibility index (Phi) is 4.32. The van der Waals surface area contributed by atoms with Gasteiger partial charge in [-0.15, -0.1) is 0 Å². The smallest absolute Gasteiger partial charge is 0.123 e. The van der Waals surface area contributed by atoms with Crippen LogP contribution in [-0.4, -0.2) is 48.3 Å². The molecule has 4 nitrogen and oxygen atoms in total. The van der Waals surface area contributed by atoms with E-state index in [-0.39, 0.29) is 5.75 Å². The van der Waals surface area contributed by atoms with E-state index in [0.29, 0.717) is 11.6 Å². The minimum Gasteiger partial charge on any atom is -0.507 e. The molecule has 0 aliphatic carbocycles. The van der Waals surface area contributed by atoms with Crippen LogP contribution < -0.4 is 4.90 Å². The van der Waals surface area contributed by atoms with Crippen molar-refractivity contribution in [3.8, 4) is 5.75 Å². The van der Waals surface area contributed by atoms with E-state index in [4.69, 9.17) is 0 Å². The quantitative estimate of drug-likeness (QED) is 0.876. The molecule has 2 N–H and O–H groups in total. The van der Waals surface area contributed by atoms with Gasteiger partial charge in [-0.2, -0.15) is 0 Å². The molecule has 0 aromatic heterocycles. The van der Waals surface area contributed by atoms with E-state index in [9.17, 15) is 10.2 Å². The van der Waals surface area contributed by atoms with E-state index in [0.717, 1.165) is 31.6 Å². The standard InChI is InChI=1S/C15H24N2O2/c1-11(18)14-5-4-13(10-15(14)19)17-8-6-12(7-9-17)16(2)3/h4-5,10-12,18-19H,6-9H2,1-3H3. The Hall–Kier alpha value is -1.26. The van der Waals surface area contributed by atoms with Crippen LogP contribution in [0.3, 0.4) is 0 Å². The lowest BCUT2D eigenvalue weighted by Gasteiger charge is -2.36. The molecule has 1 aromatic rings. The first-order valence-electron chi connectivity index (χ1n) is 6.91. The fourth-order valence-corrected chi connectivity index (χ4v) is 2.72. The summed E-state index contributed by atoms with van der Waals surface area (Å²) in [4.78, 5) is 4.58. The molecule has 0 spiro atoms. The van der Waals surface area contributed by atoms with Crippen LogP contribution in [0.4, 0.5) is 5.69 Å². The predicted octanol–water partition coefficient (Wildman–Crippen LogP) is 1.98. The van der Waals surface area contributed by atoms with Gasteiger partial charge in [0, 0.05) is 36.4 Å². The molecule has 0 amide bonds. The number of anilines is 1. The highest BCUT2D eigenvalue weighted by Gasteiger charge is 2.21. The van der Waals surface area contributed by atoms with E-state index in [1.165, 1.54) is 0 Å². The van der Waals surface area contributed by atoms with Gasteiger partial charge >= 0.3 is 0 Å². The van der Waals surface area contributed by atoms with Crippen LogP contribution in [0.5, 0.6) is 5.75 Å². The number of phenolic OH excluding ortho intramolecular Hbond substituents is 1. The van der Waals surface area contributed by atoms with Crippen molar-refractivity contribution in [1.82, 2.24) is 4.90 Å². The molecule has 1 saturated heterocycles. The molecule has 0 saturated carbocycles. The van der Waals surface area contributed by atoms with Crippen LogP contribution >= 0.6 is 0 Å². The van der Waals surface area contributed by atoms with Crippen molar-refractivity contribution in [2.24, 2.45) is 0 Å². The van der Waals surface area contributed by atoms with E-state index < -0.39 is 6.10 Å². The highest BCUT2D eigenvalue weighted by atomic mass is 16.3. The number of hydrogen-bond acceptors (Lipinski definition) is 4. The van der Waals surface area contributed by atoms with Crippen molar-refractivity contribution < 1.29 is 10.2 Å². The second-order valence-corrected chi connectivity index (χ2v) is 5.60. The van der Waals surface area contributed by atoms with E-state index in [1.807, 2.05) is 12.1 Å². The first kappa shape index (κ1) is 14.2. The Balaban J connectivity index is 2.06. The molecule has 19 heavy (non-hydrogen) atoms. The van der Waals surface area contributed by atoms with E-state index in [2.05, 4.69) is 23.9 Å². The van der Waals surface area contributed by atoms with Gasteiger partial charge in [-0.1, -0.05) is 6.07 Å². The number of piperidine rings is 1. The lowest BCUT2D eigenvalue weighted by molar-refractivity contribution is 0.195. The second kappa shape index (κ2) is 5.80. The molecule has 1 fully saturated rings. The van der Waals surface area contributed by atoms with Crippen LogP contribution in [0.2, 0.25) is 0 Å². The molecule has 1 heterocycles. The topological polar surface area (TPSA) is 46.9 Å². The zero-order chi connectivity index (χ0) is 14.0. The molecule has 4 heteroatoms. The highest BCUT2D eigenvalue weighted by molar-refractivity contribution is 5.54. The number of aromatic hydroxyl groups is 1. The van der Waals surface area contributed by atoms with Gasteiger partial charge < -0.3 is 20.0 Å². The molecule has 1 aliphatic heterocycles. The third-order valence-corrected chi connectivity index (χ3v) is 4.02. The minimum atomic E-state index is -0.631. The van der Waals surface area contributed by atoms with Gasteiger partial charge in [0.2, 0.25) is 0 Å². The van der Waals surface area contributed by atoms with E-state index >= 15 is 0 Å².